The molecule has 1 atom stereocenters. The van der Waals surface area contributed by atoms with Crippen molar-refractivity contribution in [2.75, 3.05) is 10.6 Å². The minimum absolute atomic E-state index is 0.0374. The molecular weight excluding hydrogens is 302 g/mol. The van der Waals surface area contributed by atoms with Crippen molar-refractivity contribution in [2.24, 2.45) is 5.73 Å². The molecule has 3 rings (SSSR count). The highest BCUT2D eigenvalue weighted by atomic mass is 16.2. The molecule has 0 unspecified atom stereocenters. The molecule has 2 aromatic rings. The first-order chi connectivity index (χ1) is 11.6. The summed E-state index contributed by atoms with van der Waals surface area (Å²) in [6.07, 6.45) is 2.64. The molecule has 5 nitrogen and oxygen atoms in total. The summed E-state index contributed by atoms with van der Waals surface area (Å²) in [4.78, 5) is 23.9. The van der Waals surface area contributed by atoms with Crippen LogP contribution >= 0.6 is 0 Å². The molecule has 0 radical (unpaired) electrons. The normalized spacial score (nSPS) is 15.0. The Balaban J connectivity index is 1.66. The van der Waals surface area contributed by atoms with Gasteiger partial charge in [-0.2, -0.15) is 0 Å². The van der Waals surface area contributed by atoms with Crippen LogP contribution in [-0.4, -0.2) is 17.9 Å². The van der Waals surface area contributed by atoms with E-state index >= 15 is 0 Å². The first-order valence-electron chi connectivity index (χ1n) is 8.15. The van der Waals surface area contributed by atoms with E-state index in [-0.39, 0.29) is 11.8 Å². The van der Waals surface area contributed by atoms with Gasteiger partial charge in [-0.1, -0.05) is 30.3 Å². The zero-order valence-electron chi connectivity index (χ0n) is 13.4. The van der Waals surface area contributed by atoms with Gasteiger partial charge < -0.3 is 16.4 Å². The Morgan fingerprint density at radius 2 is 1.96 bits per heavy atom. The smallest absolute Gasteiger partial charge is 0.241 e. The molecule has 24 heavy (non-hydrogen) atoms. The van der Waals surface area contributed by atoms with E-state index in [1.54, 1.807) is 6.07 Å². The monoisotopic (exact) mass is 323 g/mol. The summed E-state index contributed by atoms with van der Waals surface area (Å²) in [6.45, 7) is 0. The SMILES string of the molecule is N[C@@H](Cc1ccccc1)C(=O)Nc1ccc2c(c1)CCCC(=O)N2. The van der Waals surface area contributed by atoms with Crippen LogP contribution in [0.25, 0.3) is 0 Å². The molecule has 5 heteroatoms. The Hall–Kier alpha value is -2.66. The van der Waals surface area contributed by atoms with Gasteiger partial charge in [-0.05, 0) is 48.6 Å². The second-order valence-electron chi connectivity index (χ2n) is 6.06. The molecule has 0 spiro atoms. The van der Waals surface area contributed by atoms with Crippen LogP contribution in [0.1, 0.15) is 24.0 Å². The quantitative estimate of drug-likeness (QED) is 0.808. The van der Waals surface area contributed by atoms with Crippen molar-refractivity contribution >= 4 is 23.2 Å². The van der Waals surface area contributed by atoms with E-state index in [4.69, 9.17) is 5.73 Å². The van der Waals surface area contributed by atoms with E-state index in [0.717, 1.165) is 29.7 Å². The summed E-state index contributed by atoms with van der Waals surface area (Å²) in [7, 11) is 0. The molecule has 0 saturated carbocycles. The molecule has 1 heterocycles. The highest BCUT2D eigenvalue weighted by Gasteiger charge is 2.16. The summed E-state index contributed by atoms with van der Waals surface area (Å²) in [5.41, 5.74) is 9.61. The zero-order valence-corrected chi connectivity index (χ0v) is 13.4. The third kappa shape index (κ3) is 4.00. The Morgan fingerprint density at radius 3 is 2.75 bits per heavy atom. The lowest BCUT2D eigenvalue weighted by Crippen LogP contribution is -2.37. The maximum atomic E-state index is 12.3. The number of anilines is 2. The third-order valence-electron chi connectivity index (χ3n) is 4.13. The molecule has 1 aliphatic rings. The molecule has 124 valence electrons. The van der Waals surface area contributed by atoms with Crippen molar-refractivity contribution in [1.29, 1.82) is 0 Å². The second kappa shape index (κ2) is 7.27. The molecule has 2 aromatic carbocycles. The summed E-state index contributed by atoms with van der Waals surface area (Å²) in [5, 5.41) is 5.75. The van der Waals surface area contributed by atoms with E-state index in [2.05, 4.69) is 10.6 Å². The number of carbonyl (C=O) groups is 2. The van der Waals surface area contributed by atoms with Gasteiger partial charge in [-0.25, -0.2) is 0 Å². The Labute approximate surface area is 141 Å². The van der Waals surface area contributed by atoms with Crippen molar-refractivity contribution in [3.63, 3.8) is 0 Å². The van der Waals surface area contributed by atoms with Crippen LogP contribution in [0.15, 0.2) is 48.5 Å². The molecule has 0 bridgehead atoms. The van der Waals surface area contributed by atoms with Gasteiger partial charge in [-0.15, -0.1) is 0 Å². The average molecular weight is 323 g/mol. The average Bonchev–Trinajstić information content (AvgIpc) is 2.76. The fraction of sp³-hybridized carbons (Fsp3) is 0.263. The number of fused-ring (bicyclic) bond motifs is 1. The molecule has 0 aromatic heterocycles. The summed E-state index contributed by atoms with van der Waals surface area (Å²) in [5.74, 6) is -0.174. The van der Waals surface area contributed by atoms with Gasteiger partial charge >= 0.3 is 0 Å². The fourth-order valence-corrected chi connectivity index (χ4v) is 2.85. The number of hydrogen-bond donors (Lipinski definition) is 3. The van der Waals surface area contributed by atoms with Crippen molar-refractivity contribution < 1.29 is 9.59 Å². The summed E-state index contributed by atoms with van der Waals surface area (Å²) < 4.78 is 0. The van der Waals surface area contributed by atoms with E-state index in [9.17, 15) is 9.59 Å². The fourth-order valence-electron chi connectivity index (χ4n) is 2.85. The van der Waals surface area contributed by atoms with Crippen LogP contribution < -0.4 is 16.4 Å². The standard InChI is InChI=1S/C19H21N3O2/c20-16(11-13-5-2-1-3-6-13)19(24)21-15-9-10-17-14(12-15)7-4-8-18(23)22-17/h1-3,5-6,9-10,12,16H,4,7-8,11,20H2,(H,21,24)(H,22,23)/t16-/m0/s1. The lowest BCUT2D eigenvalue weighted by molar-refractivity contribution is -0.117. The number of benzene rings is 2. The number of hydrogen-bond acceptors (Lipinski definition) is 3. The van der Waals surface area contributed by atoms with E-state index < -0.39 is 6.04 Å². The van der Waals surface area contributed by atoms with Gasteiger partial charge in [0.25, 0.3) is 0 Å². The Kier molecular flexibility index (Phi) is 4.91. The van der Waals surface area contributed by atoms with Crippen LogP contribution in [0, 0.1) is 0 Å². The number of nitrogens with one attached hydrogen (secondary N) is 2. The third-order valence-corrected chi connectivity index (χ3v) is 4.13. The minimum Gasteiger partial charge on any atom is -0.326 e. The Morgan fingerprint density at radius 1 is 1.17 bits per heavy atom. The van der Waals surface area contributed by atoms with Crippen LogP contribution in [-0.2, 0) is 22.4 Å². The zero-order chi connectivity index (χ0) is 16.9. The molecule has 0 aliphatic carbocycles. The van der Waals surface area contributed by atoms with Gasteiger partial charge in [0.15, 0.2) is 0 Å². The molecule has 2 amide bonds. The molecular formula is C19H21N3O2. The van der Waals surface area contributed by atoms with Gasteiger partial charge in [0.1, 0.15) is 0 Å². The van der Waals surface area contributed by atoms with Crippen LogP contribution in [0.5, 0.6) is 0 Å². The topological polar surface area (TPSA) is 84.2 Å². The van der Waals surface area contributed by atoms with Crippen molar-refractivity contribution in [3.8, 4) is 0 Å². The number of nitrogens with two attached hydrogens (primary N) is 1. The Bertz CT molecular complexity index is 744. The number of carbonyl (C=O) groups excluding carboxylic acids is 2. The van der Waals surface area contributed by atoms with Gasteiger partial charge in [0.05, 0.1) is 6.04 Å². The summed E-state index contributed by atoms with van der Waals surface area (Å²) in [6, 6.07) is 14.6. The second-order valence-corrected chi connectivity index (χ2v) is 6.06. The van der Waals surface area contributed by atoms with E-state index in [1.807, 2.05) is 42.5 Å². The van der Waals surface area contributed by atoms with E-state index in [0.29, 0.717) is 18.5 Å². The van der Waals surface area contributed by atoms with Crippen molar-refractivity contribution in [3.05, 3.63) is 59.7 Å². The predicted octanol–water partition coefficient (Wildman–Crippen LogP) is 2.47. The molecule has 1 aliphatic heterocycles. The molecule has 0 fully saturated rings. The molecule has 4 N–H and O–H groups in total. The lowest BCUT2D eigenvalue weighted by Gasteiger charge is -2.14. The maximum Gasteiger partial charge on any atom is 0.241 e. The van der Waals surface area contributed by atoms with Gasteiger partial charge in [0, 0.05) is 17.8 Å². The van der Waals surface area contributed by atoms with Crippen LogP contribution in [0.2, 0.25) is 0 Å². The largest absolute Gasteiger partial charge is 0.326 e. The van der Waals surface area contributed by atoms with Crippen LogP contribution in [0.4, 0.5) is 11.4 Å². The van der Waals surface area contributed by atoms with Crippen molar-refractivity contribution in [1.82, 2.24) is 0 Å². The van der Waals surface area contributed by atoms with Crippen LogP contribution in [0.3, 0.4) is 0 Å². The summed E-state index contributed by atoms with van der Waals surface area (Å²) >= 11 is 0. The van der Waals surface area contributed by atoms with Gasteiger partial charge in [0.2, 0.25) is 11.8 Å². The minimum atomic E-state index is -0.606. The lowest BCUT2D eigenvalue weighted by atomic mass is 10.0. The number of aryl methyl sites for hydroxylation is 1. The molecule has 0 saturated heterocycles. The predicted molar refractivity (Wildman–Crippen MR) is 94.8 cm³/mol. The number of rotatable bonds is 4. The highest BCUT2D eigenvalue weighted by Crippen LogP contribution is 2.25. The van der Waals surface area contributed by atoms with Crippen molar-refractivity contribution in [2.45, 2.75) is 31.7 Å². The van der Waals surface area contributed by atoms with E-state index in [1.165, 1.54) is 0 Å². The first-order valence-corrected chi connectivity index (χ1v) is 8.15. The first kappa shape index (κ1) is 16.2. The highest BCUT2D eigenvalue weighted by molar-refractivity contribution is 5.96. The maximum absolute atomic E-state index is 12.3. The number of amides is 2. The van der Waals surface area contributed by atoms with Gasteiger partial charge in [-0.3, -0.25) is 9.59 Å².